The maximum absolute atomic E-state index is 12.4. The fourth-order valence-electron chi connectivity index (χ4n) is 3.31. The van der Waals surface area contributed by atoms with E-state index >= 15 is 0 Å². The molecule has 2 nitrogen and oxygen atoms in total. The summed E-state index contributed by atoms with van der Waals surface area (Å²) in [4.78, 5) is 24.8. The molecule has 0 aliphatic heterocycles. The van der Waals surface area contributed by atoms with Crippen molar-refractivity contribution in [1.29, 1.82) is 0 Å². The first-order chi connectivity index (χ1) is 13.9. The van der Waals surface area contributed by atoms with E-state index in [9.17, 15) is 9.59 Å². The Labute approximate surface area is 177 Å². The number of Topliss-reactive ketones (excluding diaryl/α,β-unsaturated/α-hetero) is 1. The van der Waals surface area contributed by atoms with Crippen LogP contribution < -0.4 is 0 Å². The van der Waals surface area contributed by atoms with E-state index in [1.165, 1.54) is 0 Å². The Bertz CT molecular complexity index is 990. The summed E-state index contributed by atoms with van der Waals surface area (Å²) in [6.45, 7) is 4.00. The molecule has 0 atom stereocenters. The van der Waals surface area contributed by atoms with Crippen LogP contribution in [0.3, 0.4) is 0 Å². The highest BCUT2D eigenvalue weighted by Gasteiger charge is 2.15. The predicted molar refractivity (Wildman–Crippen MR) is 120 cm³/mol. The molecule has 148 valence electrons. The van der Waals surface area contributed by atoms with Gasteiger partial charge in [-0.3, -0.25) is 9.59 Å². The minimum absolute atomic E-state index is 0.0346. The Hall–Kier alpha value is -2.71. The molecule has 0 saturated carbocycles. The van der Waals surface area contributed by atoms with Crippen LogP contribution in [0.2, 0.25) is 0 Å². The average molecular weight is 405 g/mol. The minimum atomic E-state index is -0.0346. The summed E-state index contributed by atoms with van der Waals surface area (Å²) in [5.41, 5.74) is 5.58. The molecule has 0 heterocycles. The molecule has 0 spiro atoms. The van der Waals surface area contributed by atoms with Gasteiger partial charge >= 0.3 is 0 Å². The third-order valence-electron chi connectivity index (χ3n) is 5.14. The molecule has 0 unspecified atom stereocenters. The van der Waals surface area contributed by atoms with Crippen LogP contribution in [-0.2, 0) is 0 Å². The summed E-state index contributed by atoms with van der Waals surface area (Å²) in [7, 11) is 0. The smallest absolute Gasteiger partial charge is 0.185 e. The first-order valence-corrected chi connectivity index (χ1v) is 10.3. The van der Waals surface area contributed by atoms with Crippen LogP contribution in [0, 0.1) is 13.8 Å². The summed E-state index contributed by atoms with van der Waals surface area (Å²) in [5, 5.41) is 0.668. The summed E-state index contributed by atoms with van der Waals surface area (Å²) in [5.74, 6) is 0.0480. The van der Waals surface area contributed by atoms with Gasteiger partial charge in [0.2, 0.25) is 0 Å². The second-order valence-corrected chi connectivity index (χ2v) is 7.86. The van der Waals surface area contributed by atoms with Crippen molar-refractivity contribution >= 4 is 23.2 Å². The lowest BCUT2D eigenvalue weighted by atomic mass is 9.92. The molecule has 0 saturated heterocycles. The number of hydrogen-bond donors (Lipinski definition) is 0. The SMILES string of the molecule is Cc1ccc(C(=O)C=CC2=C(Cl)C(=CCC(=O)c3ccc(C)cc3)CCC2)cc1. The molecular weight excluding hydrogens is 380 g/mol. The van der Waals surface area contributed by atoms with Crippen LogP contribution in [0.1, 0.15) is 57.5 Å². The number of allylic oxidation sites excluding steroid dienone is 6. The van der Waals surface area contributed by atoms with Crippen LogP contribution in [0.5, 0.6) is 0 Å². The number of carbonyl (C=O) groups is 2. The summed E-state index contributed by atoms with van der Waals surface area (Å²) in [6.07, 6.45) is 8.30. The van der Waals surface area contributed by atoms with Gasteiger partial charge < -0.3 is 0 Å². The topological polar surface area (TPSA) is 34.1 Å². The molecule has 0 amide bonds. The van der Waals surface area contributed by atoms with E-state index in [4.69, 9.17) is 11.6 Å². The second kappa shape index (κ2) is 9.67. The van der Waals surface area contributed by atoms with Gasteiger partial charge in [-0.25, -0.2) is 0 Å². The van der Waals surface area contributed by atoms with Crippen molar-refractivity contribution in [2.24, 2.45) is 0 Å². The van der Waals surface area contributed by atoms with Crippen LogP contribution >= 0.6 is 11.6 Å². The van der Waals surface area contributed by atoms with Crippen LogP contribution in [-0.4, -0.2) is 11.6 Å². The third kappa shape index (κ3) is 5.65. The number of hydrogen-bond acceptors (Lipinski definition) is 2. The van der Waals surface area contributed by atoms with E-state index in [0.29, 0.717) is 22.6 Å². The molecular formula is C26H25ClO2. The van der Waals surface area contributed by atoms with Crippen molar-refractivity contribution in [3.63, 3.8) is 0 Å². The van der Waals surface area contributed by atoms with Gasteiger partial charge in [0.25, 0.3) is 0 Å². The van der Waals surface area contributed by atoms with E-state index in [1.54, 1.807) is 6.08 Å². The maximum atomic E-state index is 12.4. The monoisotopic (exact) mass is 404 g/mol. The van der Waals surface area contributed by atoms with Gasteiger partial charge in [-0.1, -0.05) is 83.4 Å². The number of halogens is 1. The molecule has 29 heavy (non-hydrogen) atoms. The predicted octanol–water partition coefficient (Wildman–Crippen LogP) is 6.92. The van der Waals surface area contributed by atoms with Crippen LogP contribution in [0.4, 0.5) is 0 Å². The summed E-state index contributed by atoms with van der Waals surface area (Å²) < 4.78 is 0. The van der Waals surface area contributed by atoms with E-state index in [2.05, 4.69) is 0 Å². The zero-order valence-electron chi connectivity index (χ0n) is 16.9. The summed E-state index contributed by atoms with van der Waals surface area (Å²) >= 11 is 6.59. The van der Waals surface area contributed by atoms with Gasteiger partial charge in [-0.15, -0.1) is 0 Å². The molecule has 1 aliphatic rings. The zero-order chi connectivity index (χ0) is 20.8. The lowest BCUT2D eigenvalue weighted by molar-refractivity contribution is 0.0994. The highest BCUT2D eigenvalue weighted by Crippen LogP contribution is 2.33. The Morgan fingerprint density at radius 2 is 1.48 bits per heavy atom. The number of rotatable bonds is 6. The van der Waals surface area contributed by atoms with E-state index in [-0.39, 0.29) is 11.6 Å². The molecule has 2 aromatic rings. The maximum Gasteiger partial charge on any atom is 0.185 e. The molecule has 0 fully saturated rings. The zero-order valence-corrected chi connectivity index (χ0v) is 17.6. The number of ketones is 2. The molecule has 0 aromatic heterocycles. The van der Waals surface area contributed by atoms with Crippen molar-refractivity contribution in [1.82, 2.24) is 0 Å². The largest absolute Gasteiger partial charge is 0.294 e. The second-order valence-electron chi connectivity index (χ2n) is 7.48. The highest BCUT2D eigenvalue weighted by molar-refractivity contribution is 6.32. The van der Waals surface area contributed by atoms with Crippen LogP contribution in [0.25, 0.3) is 0 Å². The van der Waals surface area contributed by atoms with Crippen molar-refractivity contribution in [2.75, 3.05) is 0 Å². The van der Waals surface area contributed by atoms with Crippen molar-refractivity contribution in [3.8, 4) is 0 Å². The van der Waals surface area contributed by atoms with Crippen molar-refractivity contribution in [2.45, 2.75) is 39.5 Å². The van der Waals surface area contributed by atoms with Gasteiger partial charge in [-0.05, 0) is 50.3 Å². The standard InChI is InChI=1S/C26H25ClO2/c1-18-6-10-20(11-7-18)24(28)16-14-22-4-3-5-23(26(22)27)15-17-25(29)21-12-8-19(2)9-13-21/h6-16H,3-5,17H2,1-2H3. The highest BCUT2D eigenvalue weighted by atomic mass is 35.5. The van der Waals surface area contributed by atoms with Gasteiger partial charge in [0.05, 0.1) is 0 Å². The number of carbonyl (C=O) groups excluding carboxylic acids is 2. The normalized spacial score (nSPS) is 15.9. The lowest BCUT2D eigenvalue weighted by Crippen LogP contribution is -2.02. The van der Waals surface area contributed by atoms with Crippen LogP contribution in [0.15, 0.2) is 82.9 Å². The summed E-state index contributed by atoms with van der Waals surface area (Å²) in [6, 6.07) is 15.1. The fourth-order valence-corrected chi connectivity index (χ4v) is 3.64. The van der Waals surface area contributed by atoms with Gasteiger partial charge in [-0.2, -0.15) is 0 Å². The van der Waals surface area contributed by atoms with E-state index < -0.39 is 0 Å². The van der Waals surface area contributed by atoms with Crippen molar-refractivity contribution in [3.05, 3.63) is 105 Å². The lowest BCUT2D eigenvalue weighted by Gasteiger charge is -2.17. The van der Waals surface area contributed by atoms with E-state index in [0.717, 1.165) is 41.5 Å². The molecule has 2 aromatic carbocycles. The Balaban J connectivity index is 1.71. The fraction of sp³-hybridized carbons (Fsp3) is 0.231. The van der Waals surface area contributed by atoms with Gasteiger partial charge in [0.15, 0.2) is 11.6 Å². The Morgan fingerprint density at radius 3 is 2.10 bits per heavy atom. The first kappa shape index (κ1) is 21.0. The Morgan fingerprint density at radius 1 is 0.897 bits per heavy atom. The molecule has 1 aliphatic carbocycles. The number of benzene rings is 2. The molecule has 0 radical (unpaired) electrons. The first-order valence-electron chi connectivity index (χ1n) is 9.91. The Kier molecular flexibility index (Phi) is 7.00. The van der Waals surface area contributed by atoms with E-state index in [1.807, 2.05) is 74.5 Å². The minimum Gasteiger partial charge on any atom is -0.294 e. The molecule has 0 bridgehead atoms. The molecule has 3 rings (SSSR count). The van der Waals surface area contributed by atoms with Gasteiger partial charge in [0.1, 0.15) is 0 Å². The molecule has 0 N–H and O–H groups in total. The van der Waals surface area contributed by atoms with Crippen molar-refractivity contribution < 1.29 is 9.59 Å². The van der Waals surface area contributed by atoms with Gasteiger partial charge in [0, 0.05) is 22.6 Å². The average Bonchev–Trinajstić information content (AvgIpc) is 2.72. The molecule has 3 heteroatoms. The third-order valence-corrected chi connectivity index (χ3v) is 5.62. The number of aryl methyl sites for hydroxylation is 2. The quantitative estimate of drug-likeness (QED) is 0.386.